The molecular weight excluding hydrogens is 725 g/mol. The number of nitrogens with one attached hydrogen (secondary N) is 4. The number of aliphatic hydroxyl groups excluding tert-OH is 2. The Kier molecular flexibility index (Phi) is 20.5. The summed E-state index contributed by atoms with van der Waals surface area (Å²) >= 11 is 0. The molecule has 12 heteroatoms. The van der Waals surface area contributed by atoms with Crippen LogP contribution in [0.2, 0.25) is 0 Å². The van der Waals surface area contributed by atoms with Gasteiger partial charge in [-0.2, -0.15) is 0 Å². The molecule has 4 rings (SSSR count). The Bertz CT molecular complexity index is 1470. The Hall–Kier alpha value is -3.00. The van der Waals surface area contributed by atoms with Crippen molar-refractivity contribution >= 4 is 0 Å². The number of likely N-dealkylation sites (tertiary alicyclic amines) is 2. The molecule has 4 saturated heterocycles. The Balaban J connectivity index is 0.000000335. The first-order valence-electron chi connectivity index (χ1n) is 24.5. The normalized spacial score (nSPS) is 24.9. The van der Waals surface area contributed by atoms with Crippen molar-refractivity contribution in [1.82, 2.24) is 50.7 Å². The number of piperazine rings is 2. The van der Waals surface area contributed by atoms with Gasteiger partial charge in [-0.3, -0.25) is 19.6 Å². The number of hydrogen-bond donors (Lipinski definition) is 6. The molecule has 4 aliphatic rings. The maximum Gasteiger partial charge on any atom is 0.0851 e. The zero-order chi connectivity index (χ0) is 46.6. The molecule has 0 aromatic carbocycles. The molecule has 2 unspecified atom stereocenters. The van der Waals surface area contributed by atoms with E-state index in [0.29, 0.717) is 51.0 Å². The standard InChI is InChI=1S/2C23H43N5O/c2*1-20(24-12-6-9-22(3)29)8-5-11-25-21(2)18-28-13-7-10-23(28)19-27-16-14-26(4)15-17-27/h2*23-25,29H,1-3,5-19H2,4H3/i13D2,23D;18D2. The average Bonchev–Trinajstić information content (AvgIpc) is 3.78. The second-order valence-electron chi connectivity index (χ2n) is 16.6. The minimum atomic E-state index is -1.55. The molecule has 0 saturated carbocycles. The third kappa shape index (κ3) is 21.8. The van der Waals surface area contributed by atoms with E-state index >= 15 is 0 Å². The van der Waals surface area contributed by atoms with Crippen LogP contribution in [0.3, 0.4) is 0 Å². The summed E-state index contributed by atoms with van der Waals surface area (Å²) in [6, 6.07) is -0.682. The fourth-order valence-electron chi connectivity index (χ4n) is 7.54. The van der Waals surface area contributed by atoms with E-state index in [-0.39, 0.29) is 17.6 Å². The van der Waals surface area contributed by atoms with E-state index in [4.69, 9.17) is 17.1 Å². The molecule has 332 valence electrons. The third-order valence-corrected chi connectivity index (χ3v) is 11.2. The molecule has 0 aromatic heterocycles. The van der Waals surface area contributed by atoms with Gasteiger partial charge in [-0.15, -0.1) is 0 Å². The molecule has 0 aliphatic carbocycles. The van der Waals surface area contributed by atoms with Crippen LogP contribution in [0.25, 0.3) is 0 Å². The topological polar surface area (TPSA) is 108 Å². The molecule has 12 nitrogen and oxygen atoms in total. The predicted molar refractivity (Wildman–Crippen MR) is 246 cm³/mol. The molecule has 0 amide bonds. The van der Waals surface area contributed by atoms with Crippen molar-refractivity contribution in [1.29, 1.82) is 0 Å². The first-order valence-corrected chi connectivity index (χ1v) is 22.0. The SMILES string of the molecule is [2H]C([2H])(C(=C)NCCCC(=C)NCCCC(=C)O)N1CCCC1CN1CCN(C)CC1.[2H]C1([2H])CCC([2H])(CN2CCN(C)CC2)N1CC(=C)NCCCC(=C)NCCCC(=C)O. The highest BCUT2D eigenvalue weighted by molar-refractivity contribution is 5.00. The maximum atomic E-state index is 9.10. The average molecular weight is 816 g/mol. The van der Waals surface area contributed by atoms with E-state index in [2.05, 4.69) is 94.4 Å². The van der Waals surface area contributed by atoms with Crippen molar-refractivity contribution in [3.05, 3.63) is 73.8 Å². The van der Waals surface area contributed by atoms with Crippen LogP contribution in [0.5, 0.6) is 0 Å². The summed E-state index contributed by atoms with van der Waals surface area (Å²) in [4.78, 5) is 13.1. The Labute approximate surface area is 361 Å². The summed E-state index contributed by atoms with van der Waals surface area (Å²) in [6.45, 7) is 33.9. The van der Waals surface area contributed by atoms with Crippen LogP contribution in [-0.4, -0.2) is 183 Å². The summed E-state index contributed by atoms with van der Waals surface area (Å²) in [7, 11) is 4.28. The van der Waals surface area contributed by atoms with Gasteiger partial charge in [0, 0.05) is 159 Å². The molecule has 0 spiro atoms. The minimum absolute atomic E-state index is 0.211. The lowest BCUT2D eigenvalue weighted by Gasteiger charge is -2.36. The van der Waals surface area contributed by atoms with Crippen molar-refractivity contribution in [2.24, 2.45) is 0 Å². The van der Waals surface area contributed by atoms with Crippen molar-refractivity contribution in [2.75, 3.05) is 132 Å². The van der Waals surface area contributed by atoms with Crippen molar-refractivity contribution in [2.45, 2.75) is 89.1 Å². The second kappa shape index (κ2) is 28.5. The molecule has 4 aliphatic heterocycles. The fraction of sp³-hybridized carbons (Fsp3) is 0.739. The quantitative estimate of drug-likeness (QED) is 0.0469. The van der Waals surface area contributed by atoms with E-state index in [0.717, 1.165) is 154 Å². The first kappa shape index (κ1) is 41.7. The summed E-state index contributed by atoms with van der Waals surface area (Å²) in [6.07, 6.45) is 9.25. The highest BCUT2D eigenvalue weighted by Crippen LogP contribution is 2.21. The van der Waals surface area contributed by atoms with Gasteiger partial charge in [0.15, 0.2) is 0 Å². The number of nitrogens with zero attached hydrogens (tertiary/aromatic N) is 6. The molecule has 0 aromatic rings. The largest absolute Gasteiger partial charge is 0.513 e. The van der Waals surface area contributed by atoms with E-state index in [1.807, 2.05) is 4.90 Å². The summed E-state index contributed by atoms with van der Waals surface area (Å²) in [5.41, 5.74) is 3.14. The van der Waals surface area contributed by atoms with Crippen LogP contribution < -0.4 is 21.3 Å². The van der Waals surface area contributed by atoms with Crippen LogP contribution in [0.15, 0.2) is 73.8 Å². The van der Waals surface area contributed by atoms with Gasteiger partial charge in [0.2, 0.25) is 0 Å². The fourth-order valence-corrected chi connectivity index (χ4v) is 7.54. The highest BCUT2D eigenvalue weighted by Gasteiger charge is 2.29. The van der Waals surface area contributed by atoms with E-state index in [1.54, 1.807) is 4.90 Å². The van der Waals surface area contributed by atoms with E-state index in [1.165, 1.54) is 0 Å². The van der Waals surface area contributed by atoms with Gasteiger partial charge in [0.25, 0.3) is 0 Å². The molecular formula is C46H86N10O2. The van der Waals surface area contributed by atoms with Crippen LogP contribution >= 0.6 is 0 Å². The van der Waals surface area contributed by atoms with Crippen molar-refractivity contribution in [3.63, 3.8) is 0 Å². The number of allylic oxidation sites excluding steroid dienone is 4. The lowest BCUT2D eigenvalue weighted by Crippen LogP contribution is -2.49. The van der Waals surface area contributed by atoms with Crippen LogP contribution in [0.4, 0.5) is 0 Å². The Morgan fingerprint density at radius 3 is 1.57 bits per heavy atom. The Morgan fingerprint density at radius 2 is 1.05 bits per heavy atom. The molecule has 6 N–H and O–H groups in total. The Morgan fingerprint density at radius 1 is 0.586 bits per heavy atom. The highest BCUT2D eigenvalue weighted by atomic mass is 16.3. The zero-order valence-corrected chi connectivity index (χ0v) is 36.7. The van der Waals surface area contributed by atoms with Gasteiger partial charge in [-0.05, 0) is 91.3 Å². The first-order chi connectivity index (χ1) is 29.7. The van der Waals surface area contributed by atoms with Crippen molar-refractivity contribution in [3.8, 4) is 0 Å². The van der Waals surface area contributed by atoms with Gasteiger partial charge >= 0.3 is 0 Å². The maximum absolute atomic E-state index is 9.10. The molecule has 0 bridgehead atoms. The summed E-state index contributed by atoms with van der Waals surface area (Å²) < 4.78 is 43.4. The van der Waals surface area contributed by atoms with Gasteiger partial charge in [0.1, 0.15) is 0 Å². The summed E-state index contributed by atoms with van der Waals surface area (Å²) in [5.74, 6) is 0.427. The summed E-state index contributed by atoms with van der Waals surface area (Å²) in [5, 5.41) is 31.3. The van der Waals surface area contributed by atoms with Crippen molar-refractivity contribution < 1.29 is 17.1 Å². The predicted octanol–water partition coefficient (Wildman–Crippen LogP) is 5.07. The van der Waals surface area contributed by atoms with Crippen LogP contribution in [0, 0.1) is 0 Å². The van der Waals surface area contributed by atoms with Gasteiger partial charge in [0.05, 0.1) is 11.5 Å². The monoisotopic (exact) mass is 816 g/mol. The molecule has 58 heavy (non-hydrogen) atoms. The lowest BCUT2D eigenvalue weighted by molar-refractivity contribution is 0.119. The molecule has 4 heterocycles. The molecule has 2 atom stereocenters. The number of aliphatic hydroxyl groups is 2. The van der Waals surface area contributed by atoms with Crippen LogP contribution in [-0.2, 0) is 0 Å². The number of likely N-dealkylation sites (N-methyl/N-ethyl adjacent to an activating group) is 2. The minimum Gasteiger partial charge on any atom is -0.513 e. The molecule has 4 fully saturated rings. The number of hydrogen-bond acceptors (Lipinski definition) is 12. The third-order valence-electron chi connectivity index (χ3n) is 11.2. The lowest BCUT2D eigenvalue weighted by atomic mass is 10.2. The van der Waals surface area contributed by atoms with E-state index < -0.39 is 19.0 Å². The number of rotatable bonds is 28. The molecule has 0 radical (unpaired) electrons. The van der Waals surface area contributed by atoms with Gasteiger partial charge in [-0.1, -0.05) is 39.5 Å². The van der Waals surface area contributed by atoms with Gasteiger partial charge in [-0.25, -0.2) is 0 Å². The zero-order valence-electron chi connectivity index (χ0n) is 41.7. The van der Waals surface area contributed by atoms with Crippen LogP contribution in [0.1, 0.15) is 83.9 Å². The smallest absolute Gasteiger partial charge is 0.0851 e. The van der Waals surface area contributed by atoms with E-state index in [9.17, 15) is 0 Å². The van der Waals surface area contributed by atoms with Gasteiger partial charge < -0.3 is 41.3 Å². The second-order valence-corrected chi connectivity index (χ2v) is 16.6.